The highest BCUT2D eigenvalue weighted by atomic mass is 16.3. The molecule has 0 spiro atoms. The number of benzene rings is 4. The lowest BCUT2D eigenvalue weighted by atomic mass is 10.0. The van der Waals surface area contributed by atoms with Gasteiger partial charge in [0.15, 0.2) is 5.58 Å². The van der Waals surface area contributed by atoms with Gasteiger partial charge in [-0.25, -0.2) is 15.0 Å². The number of para-hydroxylation sites is 4. The van der Waals surface area contributed by atoms with Crippen molar-refractivity contribution >= 4 is 22.1 Å². The molecule has 0 aliphatic carbocycles. The highest BCUT2D eigenvalue weighted by Crippen LogP contribution is 2.29. The largest absolute Gasteiger partial charge is 0.436 e. The summed E-state index contributed by atoms with van der Waals surface area (Å²) in [4.78, 5) is 14.1. The molecule has 152 valence electrons. The van der Waals surface area contributed by atoms with Crippen LogP contribution < -0.4 is 0 Å². The van der Waals surface area contributed by atoms with Crippen molar-refractivity contribution in [3.63, 3.8) is 0 Å². The summed E-state index contributed by atoms with van der Waals surface area (Å²) in [6, 6.07) is 32.5. The highest BCUT2D eigenvalue weighted by Gasteiger charge is 2.10. The second kappa shape index (κ2) is 7.43. The molecule has 0 bridgehead atoms. The molecule has 0 fully saturated rings. The molecule has 0 aliphatic heterocycles. The van der Waals surface area contributed by atoms with Crippen molar-refractivity contribution in [2.75, 3.05) is 0 Å². The molecule has 4 heteroatoms. The van der Waals surface area contributed by atoms with E-state index in [0.29, 0.717) is 5.89 Å². The van der Waals surface area contributed by atoms with E-state index < -0.39 is 0 Å². The third-order valence-electron chi connectivity index (χ3n) is 5.66. The van der Waals surface area contributed by atoms with Crippen LogP contribution in [0.1, 0.15) is 5.69 Å². The predicted octanol–water partition coefficient (Wildman–Crippen LogP) is 7.08. The summed E-state index contributed by atoms with van der Waals surface area (Å²) in [5.74, 6) is 0.637. The van der Waals surface area contributed by atoms with Crippen LogP contribution in [0.2, 0.25) is 0 Å². The molecule has 32 heavy (non-hydrogen) atoms. The van der Waals surface area contributed by atoms with Gasteiger partial charge >= 0.3 is 0 Å². The minimum absolute atomic E-state index is 0.637. The second-order valence-electron chi connectivity index (χ2n) is 7.79. The predicted molar refractivity (Wildman–Crippen MR) is 128 cm³/mol. The van der Waals surface area contributed by atoms with Gasteiger partial charge in [-0.15, -0.1) is 0 Å². The maximum absolute atomic E-state index is 5.88. The number of oxazole rings is 1. The number of aromatic nitrogens is 3. The monoisotopic (exact) mass is 413 g/mol. The van der Waals surface area contributed by atoms with Crippen LogP contribution in [0.3, 0.4) is 0 Å². The highest BCUT2D eigenvalue weighted by molar-refractivity contribution is 5.79. The number of hydrogen-bond acceptors (Lipinski definition) is 4. The average molecular weight is 413 g/mol. The van der Waals surface area contributed by atoms with E-state index in [1.54, 1.807) is 0 Å². The van der Waals surface area contributed by atoms with Crippen molar-refractivity contribution in [3.05, 3.63) is 103 Å². The van der Waals surface area contributed by atoms with Gasteiger partial charge in [-0.05, 0) is 54.4 Å². The minimum atomic E-state index is 0.637. The van der Waals surface area contributed by atoms with E-state index in [-0.39, 0.29) is 0 Å². The van der Waals surface area contributed by atoms with Crippen LogP contribution in [0.15, 0.2) is 101 Å². The summed E-state index contributed by atoms with van der Waals surface area (Å²) in [6.45, 7) is 2.01. The molecule has 0 radical (unpaired) electrons. The molecule has 0 N–H and O–H groups in total. The molecule has 2 aromatic heterocycles. The Labute approximate surface area is 185 Å². The zero-order valence-electron chi connectivity index (χ0n) is 17.5. The molecule has 4 nitrogen and oxygen atoms in total. The standard InChI is InChI=1S/C28H19N3O/c1-18-27(30-24-7-3-2-6-23(24)29-18)21-14-10-19(11-15-21)20-12-16-22(17-13-20)28-31-25-8-4-5-9-26(25)32-28/h2-17H,1H3. The Hall–Kier alpha value is -4.31. The van der Waals surface area contributed by atoms with Crippen LogP contribution >= 0.6 is 0 Å². The fourth-order valence-electron chi connectivity index (χ4n) is 3.98. The third-order valence-corrected chi connectivity index (χ3v) is 5.66. The van der Waals surface area contributed by atoms with Gasteiger partial charge in [-0.3, -0.25) is 0 Å². The molecule has 0 amide bonds. The van der Waals surface area contributed by atoms with Crippen LogP contribution in [0.25, 0.3) is 56.0 Å². The number of hydrogen-bond donors (Lipinski definition) is 0. The van der Waals surface area contributed by atoms with Gasteiger partial charge in [0.05, 0.1) is 22.4 Å². The summed E-state index contributed by atoms with van der Waals surface area (Å²) < 4.78 is 5.88. The first-order chi connectivity index (χ1) is 15.7. The van der Waals surface area contributed by atoms with Gasteiger partial charge < -0.3 is 4.42 Å². The average Bonchev–Trinajstić information content (AvgIpc) is 3.28. The minimum Gasteiger partial charge on any atom is -0.436 e. The topological polar surface area (TPSA) is 51.8 Å². The number of rotatable bonds is 3. The van der Waals surface area contributed by atoms with Crippen molar-refractivity contribution in [1.82, 2.24) is 15.0 Å². The fourth-order valence-corrected chi connectivity index (χ4v) is 3.98. The first kappa shape index (κ1) is 18.5. The number of aryl methyl sites for hydroxylation is 1. The molecule has 0 atom stereocenters. The lowest BCUT2D eigenvalue weighted by molar-refractivity contribution is 0.620. The third kappa shape index (κ3) is 3.22. The lowest BCUT2D eigenvalue weighted by Crippen LogP contribution is -1.94. The van der Waals surface area contributed by atoms with Gasteiger partial charge in [0, 0.05) is 11.1 Å². The summed E-state index contributed by atoms with van der Waals surface area (Å²) in [5.41, 5.74) is 9.65. The molecule has 4 aromatic carbocycles. The number of nitrogens with zero attached hydrogens (tertiary/aromatic N) is 3. The van der Waals surface area contributed by atoms with Crippen molar-refractivity contribution in [2.24, 2.45) is 0 Å². The molecule has 6 rings (SSSR count). The Morgan fingerprint density at radius 1 is 0.500 bits per heavy atom. The van der Waals surface area contributed by atoms with E-state index in [1.165, 1.54) is 0 Å². The SMILES string of the molecule is Cc1nc2ccccc2nc1-c1ccc(-c2ccc(-c3nc4ccccc4o3)cc2)cc1. The first-order valence-corrected chi connectivity index (χ1v) is 10.5. The molecule has 0 unspecified atom stereocenters. The Morgan fingerprint density at radius 2 is 1.03 bits per heavy atom. The van der Waals surface area contributed by atoms with E-state index >= 15 is 0 Å². The molecular weight excluding hydrogens is 394 g/mol. The normalized spacial score (nSPS) is 11.3. The maximum atomic E-state index is 5.88. The van der Waals surface area contributed by atoms with E-state index in [4.69, 9.17) is 14.4 Å². The summed E-state index contributed by atoms with van der Waals surface area (Å²) in [5, 5.41) is 0. The van der Waals surface area contributed by atoms with E-state index in [0.717, 1.165) is 55.8 Å². The molecule has 2 heterocycles. The summed E-state index contributed by atoms with van der Waals surface area (Å²) in [7, 11) is 0. The number of fused-ring (bicyclic) bond motifs is 2. The molecule has 0 aliphatic rings. The van der Waals surface area contributed by atoms with E-state index in [9.17, 15) is 0 Å². The van der Waals surface area contributed by atoms with Gasteiger partial charge in [0.2, 0.25) is 5.89 Å². The maximum Gasteiger partial charge on any atom is 0.227 e. The Morgan fingerprint density at radius 3 is 1.69 bits per heavy atom. The first-order valence-electron chi connectivity index (χ1n) is 10.5. The van der Waals surface area contributed by atoms with Crippen LogP contribution in [0.5, 0.6) is 0 Å². The van der Waals surface area contributed by atoms with Crippen LogP contribution in [0.4, 0.5) is 0 Å². The smallest absolute Gasteiger partial charge is 0.227 e. The quantitative estimate of drug-likeness (QED) is 0.311. The Bertz CT molecular complexity index is 1530. The van der Waals surface area contributed by atoms with Crippen molar-refractivity contribution in [2.45, 2.75) is 6.92 Å². The fraction of sp³-hybridized carbons (Fsp3) is 0.0357. The Balaban J connectivity index is 1.30. The molecule has 0 saturated carbocycles. The van der Waals surface area contributed by atoms with Gasteiger partial charge in [0.1, 0.15) is 5.52 Å². The van der Waals surface area contributed by atoms with Crippen LogP contribution in [-0.2, 0) is 0 Å². The molecule has 0 saturated heterocycles. The zero-order chi connectivity index (χ0) is 21.5. The van der Waals surface area contributed by atoms with Crippen LogP contribution in [0, 0.1) is 6.92 Å². The lowest BCUT2D eigenvalue weighted by Gasteiger charge is -2.08. The van der Waals surface area contributed by atoms with Crippen molar-refractivity contribution in [1.29, 1.82) is 0 Å². The van der Waals surface area contributed by atoms with Crippen LogP contribution in [-0.4, -0.2) is 15.0 Å². The van der Waals surface area contributed by atoms with Gasteiger partial charge in [-0.2, -0.15) is 0 Å². The van der Waals surface area contributed by atoms with Gasteiger partial charge in [0.25, 0.3) is 0 Å². The Kier molecular flexibility index (Phi) is 4.29. The van der Waals surface area contributed by atoms with Gasteiger partial charge in [-0.1, -0.05) is 60.7 Å². The van der Waals surface area contributed by atoms with Crippen molar-refractivity contribution < 1.29 is 4.42 Å². The molecule has 6 aromatic rings. The summed E-state index contributed by atoms with van der Waals surface area (Å²) >= 11 is 0. The zero-order valence-corrected chi connectivity index (χ0v) is 17.5. The second-order valence-corrected chi connectivity index (χ2v) is 7.79. The van der Waals surface area contributed by atoms with E-state index in [1.807, 2.05) is 67.6 Å². The van der Waals surface area contributed by atoms with Crippen molar-refractivity contribution in [3.8, 4) is 33.8 Å². The van der Waals surface area contributed by atoms with E-state index in [2.05, 4.69) is 41.4 Å². The summed E-state index contributed by atoms with van der Waals surface area (Å²) in [6.07, 6.45) is 0. The molecular formula is C28H19N3O.